The highest BCUT2D eigenvalue weighted by atomic mass is 16.6. The van der Waals surface area contributed by atoms with Crippen molar-refractivity contribution in [1.82, 2.24) is 10.2 Å². The van der Waals surface area contributed by atoms with Gasteiger partial charge < -0.3 is 19.8 Å². The molecule has 1 aliphatic heterocycles. The summed E-state index contributed by atoms with van der Waals surface area (Å²) in [4.78, 5) is 18.0. The lowest BCUT2D eigenvalue weighted by Gasteiger charge is -2.34. The molecule has 0 spiro atoms. The van der Waals surface area contributed by atoms with Gasteiger partial charge in [0.25, 0.3) is 5.54 Å². The zero-order valence-electron chi connectivity index (χ0n) is 15.5. The van der Waals surface area contributed by atoms with Crippen molar-refractivity contribution in [2.75, 3.05) is 26.2 Å². The Hall–Kier alpha value is -2.06. The first-order chi connectivity index (χ1) is 11.8. The van der Waals surface area contributed by atoms with Crippen LogP contribution in [0.15, 0.2) is 30.3 Å². The van der Waals surface area contributed by atoms with Crippen molar-refractivity contribution in [3.63, 3.8) is 0 Å². The maximum Gasteiger partial charge on any atom is 0.407 e. The quantitative estimate of drug-likeness (QED) is 0.653. The lowest BCUT2D eigenvalue weighted by molar-refractivity contribution is 0.0525. The number of nitrogens with zero attached hydrogens (tertiary/aromatic N) is 2. The van der Waals surface area contributed by atoms with E-state index < -0.39 is 5.60 Å². The molecule has 1 amide bonds. The second-order valence-electron chi connectivity index (χ2n) is 7.63. The van der Waals surface area contributed by atoms with Crippen LogP contribution in [0.2, 0.25) is 0 Å². The summed E-state index contributed by atoms with van der Waals surface area (Å²) in [6, 6.07) is 10.2. The van der Waals surface area contributed by atoms with Crippen LogP contribution in [0, 0.1) is 6.57 Å². The van der Waals surface area contributed by atoms with Crippen LogP contribution in [0.25, 0.3) is 4.85 Å². The molecule has 0 radical (unpaired) electrons. The average Bonchev–Trinajstić information content (AvgIpc) is 2.59. The first kappa shape index (κ1) is 19.3. The van der Waals surface area contributed by atoms with Crippen LogP contribution in [0.3, 0.4) is 0 Å². The van der Waals surface area contributed by atoms with Crippen LogP contribution in [-0.2, 0) is 10.3 Å². The molecule has 5 nitrogen and oxygen atoms in total. The van der Waals surface area contributed by atoms with Gasteiger partial charge in [0.15, 0.2) is 0 Å². The van der Waals surface area contributed by atoms with Crippen molar-refractivity contribution < 1.29 is 9.53 Å². The van der Waals surface area contributed by atoms with Gasteiger partial charge in [-0.2, -0.15) is 0 Å². The number of rotatable bonds is 5. The fourth-order valence-corrected chi connectivity index (χ4v) is 3.17. The van der Waals surface area contributed by atoms with Crippen molar-refractivity contribution in [3.05, 3.63) is 47.3 Å². The molecule has 0 aliphatic carbocycles. The van der Waals surface area contributed by atoms with E-state index in [1.807, 2.05) is 39.0 Å². The fraction of sp³-hybridized carbons (Fsp3) is 0.600. The smallest absolute Gasteiger partial charge is 0.407 e. The highest BCUT2D eigenvalue weighted by molar-refractivity contribution is 5.67. The molecular formula is C20H29N3O2. The van der Waals surface area contributed by atoms with Crippen molar-refractivity contribution in [2.45, 2.75) is 51.2 Å². The van der Waals surface area contributed by atoms with Gasteiger partial charge in [0.2, 0.25) is 0 Å². The number of carbonyl (C=O) groups excluding carboxylic acids is 1. The molecule has 0 unspecified atom stereocenters. The van der Waals surface area contributed by atoms with Crippen LogP contribution >= 0.6 is 0 Å². The number of nitrogens with one attached hydrogen (secondary N) is 1. The second-order valence-corrected chi connectivity index (χ2v) is 7.63. The summed E-state index contributed by atoms with van der Waals surface area (Å²) in [5, 5.41) is 2.80. The summed E-state index contributed by atoms with van der Waals surface area (Å²) in [6.45, 7) is 16.6. The predicted molar refractivity (Wildman–Crippen MR) is 99.2 cm³/mol. The molecule has 1 aromatic rings. The molecule has 0 bridgehead atoms. The monoisotopic (exact) mass is 343 g/mol. The highest BCUT2D eigenvalue weighted by Crippen LogP contribution is 2.36. The Kier molecular flexibility index (Phi) is 6.44. The Labute approximate surface area is 151 Å². The Balaban J connectivity index is 1.72. The molecule has 1 saturated heterocycles. The minimum atomic E-state index is -0.461. The van der Waals surface area contributed by atoms with Crippen LogP contribution in [0.4, 0.5) is 4.79 Å². The summed E-state index contributed by atoms with van der Waals surface area (Å²) in [6.07, 6.45) is 2.25. The molecule has 1 fully saturated rings. The average molecular weight is 343 g/mol. The maximum absolute atomic E-state index is 11.6. The van der Waals surface area contributed by atoms with Crippen LogP contribution in [0.1, 0.15) is 45.6 Å². The molecule has 0 atom stereocenters. The zero-order valence-corrected chi connectivity index (χ0v) is 15.5. The largest absolute Gasteiger partial charge is 0.444 e. The molecule has 1 aliphatic rings. The summed E-state index contributed by atoms with van der Waals surface area (Å²) in [5.74, 6) is 0. The van der Waals surface area contributed by atoms with Gasteiger partial charge in [-0.15, -0.1) is 0 Å². The summed E-state index contributed by atoms with van der Waals surface area (Å²) in [5.41, 5.74) is 0.306. The van der Waals surface area contributed by atoms with Gasteiger partial charge in [0, 0.05) is 38.0 Å². The summed E-state index contributed by atoms with van der Waals surface area (Å²) in [7, 11) is 0. The standard InChI is InChI=1S/C20H29N3O2/c1-19(2,3)25-18(24)22-13-8-14-23-15-11-20(21-4,12-16-23)17-9-6-5-7-10-17/h5-7,9-10H,8,11-16H2,1-3H3,(H,22,24). The van der Waals surface area contributed by atoms with Crippen LogP contribution in [0.5, 0.6) is 0 Å². The predicted octanol–water partition coefficient (Wildman–Crippen LogP) is 3.81. The molecule has 2 rings (SSSR count). The van der Waals surface area contributed by atoms with E-state index in [0.29, 0.717) is 6.54 Å². The van der Waals surface area contributed by atoms with E-state index in [0.717, 1.165) is 44.5 Å². The number of likely N-dealkylation sites (tertiary alicyclic amines) is 1. The minimum Gasteiger partial charge on any atom is -0.444 e. The molecule has 1 aromatic carbocycles. The van der Waals surface area contributed by atoms with E-state index in [9.17, 15) is 4.79 Å². The first-order valence-corrected chi connectivity index (χ1v) is 8.98. The Morgan fingerprint density at radius 3 is 2.48 bits per heavy atom. The Morgan fingerprint density at radius 2 is 1.92 bits per heavy atom. The van der Waals surface area contributed by atoms with E-state index in [-0.39, 0.29) is 11.6 Å². The van der Waals surface area contributed by atoms with E-state index in [1.54, 1.807) is 0 Å². The summed E-state index contributed by atoms with van der Waals surface area (Å²) < 4.78 is 5.22. The number of ether oxygens (including phenoxy) is 1. The molecule has 0 saturated carbocycles. The van der Waals surface area contributed by atoms with Gasteiger partial charge in [0.05, 0.1) is 0 Å². The Morgan fingerprint density at radius 1 is 1.28 bits per heavy atom. The number of piperidine rings is 1. The van der Waals surface area contributed by atoms with Crippen molar-refractivity contribution in [2.24, 2.45) is 0 Å². The van der Waals surface area contributed by atoms with Gasteiger partial charge in [-0.25, -0.2) is 11.4 Å². The molecule has 136 valence electrons. The minimum absolute atomic E-state index is 0.359. The van der Waals surface area contributed by atoms with Gasteiger partial charge >= 0.3 is 6.09 Å². The molecule has 1 N–H and O–H groups in total. The number of amides is 1. The second kappa shape index (κ2) is 8.35. The fourth-order valence-electron chi connectivity index (χ4n) is 3.17. The van der Waals surface area contributed by atoms with E-state index in [4.69, 9.17) is 11.3 Å². The molecular weight excluding hydrogens is 314 g/mol. The van der Waals surface area contributed by atoms with Gasteiger partial charge in [0.1, 0.15) is 5.60 Å². The number of hydrogen-bond donors (Lipinski definition) is 1. The lowest BCUT2D eigenvalue weighted by Crippen LogP contribution is -2.42. The first-order valence-electron chi connectivity index (χ1n) is 8.98. The van der Waals surface area contributed by atoms with Crippen molar-refractivity contribution in [1.29, 1.82) is 0 Å². The Bertz CT molecular complexity index is 594. The molecule has 0 aromatic heterocycles. The zero-order chi connectivity index (χ0) is 18.3. The number of carbonyl (C=O) groups is 1. The van der Waals surface area contributed by atoms with Crippen molar-refractivity contribution >= 4 is 6.09 Å². The summed E-state index contributed by atoms with van der Waals surface area (Å²) >= 11 is 0. The van der Waals surface area contributed by atoms with Gasteiger partial charge in [-0.05, 0) is 33.7 Å². The maximum atomic E-state index is 11.6. The topological polar surface area (TPSA) is 45.9 Å². The van der Waals surface area contributed by atoms with E-state index in [1.165, 1.54) is 0 Å². The third-order valence-electron chi connectivity index (χ3n) is 4.53. The van der Waals surface area contributed by atoms with Crippen LogP contribution in [-0.4, -0.2) is 42.8 Å². The normalized spacial score (nSPS) is 17.5. The third kappa shape index (κ3) is 5.75. The van der Waals surface area contributed by atoms with E-state index in [2.05, 4.69) is 27.2 Å². The molecule has 5 heteroatoms. The third-order valence-corrected chi connectivity index (χ3v) is 4.53. The van der Waals surface area contributed by atoms with Gasteiger partial charge in [-0.3, -0.25) is 0 Å². The van der Waals surface area contributed by atoms with Gasteiger partial charge in [-0.1, -0.05) is 30.3 Å². The van der Waals surface area contributed by atoms with E-state index >= 15 is 0 Å². The molecule has 25 heavy (non-hydrogen) atoms. The number of benzene rings is 1. The number of hydrogen-bond acceptors (Lipinski definition) is 3. The SMILES string of the molecule is [C-]#[N+]C1(c2ccccc2)CCN(CCCNC(=O)OC(C)(C)C)CC1. The molecule has 1 heterocycles. The lowest BCUT2D eigenvalue weighted by atomic mass is 9.81. The number of alkyl carbamates (subject to hydrolysis) is 1. The van der Waals surface area contributed by atoms with Crippen LogP contribution < -0.4 is 5.32 Å². The van der Waals surface area contributed by atoms with Crippen molar-refractivity contribution in [3.8, 4) is 0 Å². The highest BCUT2D eigenvalue weighted by Gasteiger charge is 2.41.